The number of amides is 3. The lowest BCUT2D eigenvalue weighted by Gasteiger charge is -2.34. The first kappa shape index (κ1) is 23.4. The molecule has 4 rings (SSSR count). The van der Waals surface area contributed by atoms with Gasteiger partial charge in [0, 0.05) is 25.4 Å². The van der Waals surface area contributed by atoms with Crippen LogP contribution in [0.15, 0.2) is 18.2 Å². The minimum absolute atomic E-state index is 0.0535. The van der Waals surface area contributed by atoms with Gasteiger partial charge in [0.1, 0.15) is 6.04 Å². The fraction of sp³-hybridized carbons (Fsp3) is 0.609. The lowest BCUT2D eigenvalue weighted by atomic mass is 9.70. The van der Waals surface area contributed by atoms with Crippen LogP contribution >= 0.6 is 23.4 Å². The zero-order valence-corrected chi connectivity index (χ0v) is 20.0. The molecule has 174 valence electrons. The van der Waals surface area contributed by atoms with Crippen LogP contribution in [-0.2, 0) is 14.4 Å². The quantitative estimate of drug-likeness (QED) is 0.498. The van der Waals surface area contributed by atoms with Gasteiger partial charge in [-0.15, -0.1) is 11.8 Å². The Labute approximate surface area is 197 Å². The van der Waals surface area contributed by atoms with E-state index in [2.05, 4.69) is 10.6 Å². The maximum Gasteiger partial charge on any atom is 0.248 e. The molecular weight excluding hydrogens is 450 g/mol. The summed E-state index contributed by atoms with van der Waals surface area (Å²) in [6.07, 6.45) is 3.68. The Morgan fingerprint density at radius 3 is 2.75 bits per heavy atom. The lowest BCUT2D eigenvalue weighted by molar-refractivity contribution is -0.139. The molecule has 1 aromatic carbocycles. The molecule has 9 heteroatoms. The maximum absolute atomic E-state index is 13.7. The van der Waals surface area contributed by atoms with Gasteiger partial charge in [0.05, 0.1) is 27.3 Å². The fourth-order valence-corrected chi connectivity index (χ4v) is 8.20. The predicted molar refractivity (Wildman–Crippen MR) is 126 cm³/mol. The van der Waals surface area contributed by atoms with Gasteiger partial charge in [-0.25, -0.2) is 0 Å². The molecule has 3 saturated heterocycles. The van der Waals surface area contributed by atoms with E-state index in [1.54, 1.807) is 29.8 Å². The summed E-state index contributed by atoms with van der Waals surface area (Å²) in [5.41, 5.74) is 1.41. The van der Waals surface area contributed by atoms with E-state index in [0.717, 1.165) is 24.8 Å². The van der Waals surface area contributed by atoms with E-state index in [-0.39, 0.29) is 29.6 Å². The van der Waals surface area contributed by atoms with Crippen molar-refractivity contribution in [2.75, 3.05) is 25.5 Å². The second kappa shape index (κ2) is 9.23. The third kappa shape index (κ3) is 3.70. The first-order valence-electron chi connectivity index (χ1n) is 11.2. The molecule has 2 bridgehead atoms. The van der Waals surface area contributed by atoms with E-state index in [1.807, 2.05) is 19.1 Å². The summed E-state index contributed by atoms with van der Waals surface area (Å²) in [6.45, 7) is 2.42. The summed E-state index contributed by atoms with van der Waals surface area (Å²) in [6, 6.07) is 4.79. The van der Waals surface area contributed by atoms with Crippen molar-refractivity contribution < 1.29 is 19.5 Å². The first-order chi connectivity index (χ1) is 15.4. The molecule has 3 aliphatic heterocycles. The predicted octanol–water partition coefficient (Wildman–Crippen LogP) is 2.59. The Balaban J connectivity index is 1.67. The van der Waals surface area contributed by atoms with Gasteiger partial charge >= 0.3 is 0 Å². The number of anilines is 1. The number of nitrogens with one attached hydrogen (secondary N) is 2. The summed E-state index contributed by atoms with van der Waals surface area (Å²) in [4.78, 5) is 41.8. The van der Waals surface area contributed by atoms with E-state index in [0.29, 0.717) is 30.1 Å². The first-order valence-corrected chi connectivity index (χ1v) is 12.5. The zero-order valence-electron chi connectivity index (χ0n) is 18.4. The van der Waals surface area contributed by atoms with Crippen LogP contribution in [0.25, 0.3) is 0 Å². The van der Waals surface area contributed by atoms with Crippen molar-refractivity contribution in [1.82, 2.24) is 10.2 Å². The average Bonchev–Trinajstić information content (AvgIpc) is 3.41. The summed E-state index contributed by atoms with van der Waals surface area (Å²) in [5.74, 6) is -1.37. The van der Waals surface area contributed by atoms with Crippen LogP contribution in [0, 0.1) is 18.8 Å². The van der Waals surface area contributed by atoms with E-state index < -0.39 is 22.6 Å². The minimum Gasteiger partial charge on any atom is -0.396 e. The normalized spacial score (nSPS) is 30.5. The van der Waals surface area contributed by atoms with Crippen LogP contribution in [0.1, 0.15) is 37.7 Å². The van der Waals surface area contributed by atoms with Crippen molar-refractivity contribution >= 4 is 46.8 Å². The topological polar surface area (TPSA) is 98.7 Å². The van der Waals surface area contributed by atoms with E-state index in [4.69, 9.17) is 16.7 Å². The molecule has 3 N–H and O–H groups in total. The third-order valence-electron chi connectivity index (χ3n) is 7.12. The Morgan fingerprint density at radius 2 is 2.06 bits per heavy atom. The molecule has 0 aliphatic carbocycles. The maximum atomic E-state index is 13.7. The minimum atomic E-state index is -0.658. The number of fused-ring (bicyclic) bond motifs is 1. The number of aliphatic hydroxyl groups excluding tert-OH is 1. The molecule has 7 nitrogen and oxygen atoms in total. The van der Waals surface area contributed by atoms with E-state index in [9.17, 15) is 14.4 Å². The van der Waals surface area contributed by atoms with Crippen LogP contribution in [0.4, 0.5) is 5.69 Å². The summed E-state index contributed by atoms with van der Waals surface area (Å²) in [5, 5.41) is 15.3. The summed E-state index contributed by atoms with van der Waals surface area (Å²) < 4.78 is -0.602. The number of nitrogens with zero attached hydrogens (tertiary/aromatic N) is 1. The number of thioether (sulfide) groups is 1. The summed E-state index contributed by atoms with van der Waals surface area (Å²) >= 11 is 8.01. The fourth-order valence-electron chi connectivity index (χ4n) is 5.71. The number of aryl methyl sites for hydroxylation is 1. The number of rotatable bonds is 8. The second-order valence-corrected chi connectivity index (χ2v) is 10.9. The van der Waals surface area contributed by atoms with Gasteiger partial charge < -0.3 is 20.6 Å². The Morgan fingerprint density at radius 1 is 1.28 bits per heavy atom. The number of hydrogen-bond acceptors (Lipinski definition) is 5. The van der Waals surface area contributed by atoms with Crippen molar-refractivity contribution in [3.8, 4) is 0 Å². The zero-order chi connectivity index (χ0) is 23.0. The van der Waals surface area contributed by atoms with Gasteiger partial charge in [-0.05, 0) is 50.7 Å². The molecule has 0 saturated carbocycles. The summed E-state index contributed by atoms with van der Waals surface area (Å²) in [7, 11) is 1.60. The van der Waals surface area contributed by atoms with Crippen molar-refractivity contribution in [1.29, 1.82) is 0 Å². The van der Waals surface area contributed by atoms with Crippen molar-refractivity contribution in [3.63, 3.8) is 0 Å². The van der Waals surface area contributed by atoms with Crippen LogP contribution in [0.5, 0.6) is 0 Å². The van der Waals surface area contributed by atoms with E-state index >= 15 is 0 Å². The highest BCUT2D eigenvalue weighted by atomic mass is 35.5. The van der Waals surface area contributed by atoms with Crippen LogP contribution in [0.2, 0.25) is 5.02 Å². The standard InChI is InChI=1S/C23H30ClN3O4S/c1-13-7-6-8-14(24)18(13)26-21(30)19-23-10-9-15(32-23)16(20(29)25-2)17(23)22(31)27(19)11-4-3-5-12-28/h6-8,15-17,19,28H,3-5,9-12H2,1-2H3,(H,25,29)(H,26,30)/t15-,16+,17-,19?,23?/m0/s1. The number of carbonyl (C=O) groups is 3. The number of carbonyl (C=O) groups excluding carboxylic acids is 3. The SMILES string of the molecule is CNC(=O)[C@@H]1[C@@H]2CCC3(S2)C(C(=O)Nc2c(C)cccc2Cl)N(CCCCCO)C(=O)[C@H]13. The lowest BCUT2D eigenvalue weighted by Crippen LogP contribution is -2.51. The number of aliphatic hydroxyl groups is 1. The Bertz CT molecular complexity index is 908. The smallest absolute Gasteiger partial charge is 0.248 e. The largest absolute Gasteiger partial charge is 0.396 e. The number of para-hydroxylation sites is 1. The highest BCUT2D eigenvalue weighted by Gasteiger charge is 2.73. The molecule has 1 aromatic rings. The number of benzene rings is 1. The van der Waals surface area contributed by atoms with Gasteiger partial charge in [-0.3, -0.25) is 14.4 Å². The third-order valence-corrected chi connectivity index (χ3v) is 9.39. The van der Waals surface area contributed by atoms with Crippen LogP contribution < -0.4 is 10.6 Å². The van der Waals surface area contributed by atoms with Crippen LogP contribution in [-0.4, -0.2) is 64.0 Å². The number of halogens is 1. The second-order valence-electron chi connectivity index (χ2n) is 8.91. The number of hydrogen-bond donors (Lipinski definition) is 3. The average molecular weight is 480 g/mol. The molecule has 5 atom stereocenters. The van der Waals surface area contributed by atoms with Gasteiger partial charge in [0.15, 0.2) is 0 Å². The molecule has 1 spiro atoms. The molecule has 3 amide bonds. The molecule has 3 aliphatic rings. The molecule has 3 fully saturated rings. The van der Waals surface area contributed by atoms with Gasteiger partial charge in [0.2, 0.25) is 17.7 Å². The Kier molecular flexibility index (Phi) is 6.75. The highest BCUT2D eigenvalue weighted by molar-refractivity contribution is 8.02. The van der Waals surface area contributed by atoms with Gasteiger partial charge in [-0.1, -0.05) is 23.7 Å². The number of unbranched alkanes of at least 4 members (excludes halogenated alkanes) is 2. The highest BCUT2D eigenvalue weighted by Crippen LogP contribution is 2.66. The molecule has 2 unspecified atom stereocenters. The van der Waals surface area contributed by atoms with Crippen LogP contribution in [0.3, 0.4) is 0 Å². The van der Waals surface area contributed by atoms with Gasteiger partial charge in [-0.2, -0.15) is 0 Å². The van der Waals surface area contributed by atoms with Crippen molar-refractivity contribution in [3.05, 3.63) is 28.8 Å². The number of likely N-dealkylation sites (tertiary alicyclic amines) is 1. The van der Waals surface area contributed by atoms with E-state index in [1.165, 1.54) is 0 Å². The Hall–Kier alpha value is -1.77. The van der Waals surface area contributed by atoms with Crippen molar-refractivity contribution in [2.45, 2.75) is 55.1 Å². The monoisotopic (exact) mass is 479 g/mol. The van der Waals surface area contributed by atoms with Crippen molar-refractivity contribution in [2.24, 2.45) is 11.8 Å². The molecule has 0 aromatic heterocycles. The molecular formula is C23H30ClN3O4S. The van der Waals surface area contributed by atoms with Gasteiger partial charge in [0.25, 0.3) is 0 Å². The molecule has 3 heterocycles. The molecule has 32 heavy (non-hydrogen) atoms. The molecule has 0 radical (unpaired) electrons.